The van der Waals surface area contributed by atoms with Crippen molar-refractivity contribution in [3.05, 3.63) is 76.6 Å². The van der Waals surface area contributed by atoms with Gasteiger partial charge < -0.3 is 19.7 Å². The molecule has 1 N–H and O–H groups in total. The molecule has 8 nitrogen and oxygen atoms in total. The average molecular weight is 572 g/mol. The van der Waals surface area contributed by atoms with Gasteiger partial charge in [0.25, 0.3) is 0 Å². The molecule has 2 aromatic heterocycles. The van der Waals surface area contributed by atoms with Gasteiger partial charge in [-0.3, -0.25) is 4.79 Å². The fourth-order valence-corrected chi connectivity index (χ4v) is 6.28. The van der Waals surface area contributed by atoms with Crippen molar-refractivity contribution in [3.63, 3.8) is 0 Å². The fraction of sp³-hybridized carbons (Fsp3) is 0.438. The SMILES string of the molecule is Cc1cccc(Cn2cnc3c(NCc4ccccc4Cl)nc(N4CCN(C(=O)CCC5CCCC5)CC4)nc32)c1. The van der Waals surface area contributed by atoms with Gasteiger partial charge in [0.05, 0.1) is 12.9 Å². The molecule has 2 aromatic carbocycles. The maximum absolute atomic E-state index is 12.9. The van der Waals surface area contributed by atoms with Crippen LogP contribution in [0, 0.1) is 12.8 Å². The number of carbonyl (C=O) groups excluding carboxylic acids is 1. The van der Waals surface area contributed by atoms with Crippen LogP contribution in [0.2, 0.25) is 5.02 Å². The molecule has 0 spiro atoms. The Morgan fingerprint density at radius 2 is 1.83 bits per heavy atom. The molecule has 0 atom stereocenters. The molecule has 2 fully saturated rings. The quantitative estimate of drug-likeness (QED) is 0.263. The third-order valence-corrected chi connectivity index (χ3v) is 8.82. The number of hydrogen-bond donors (Lipinski definition) is 1. The molecule has 1 aliphatic heterocycles. The van der Waals surface area contributed by atoms with Gasteiger partial charge in [-0.2, -0.15) is 9.97 Å². The zero-order valence-corrected chi connectivity index (χ0v) is 24.5. The van der Waals surface area contributed by atoms with Crippen LogP contribution < -0.4 is 10.2 Å². The number of piperazine rings is 1. The number of rotatable bonds is 9. The number of aryl methyl sites for hydroxylation is 1. The first-order valence-electron chi connectivity index (χ1n) is 14.8. The van der Waals surface area contributed by atoms with Crippen molar-refractivity contribution in [2.24, 2.45) is 5.92 Å². The Morgan fingerprint density at radius 1 is 1.02 bits per heavy atom. The van der Waals surface area contributed by atoms with Gasteiger partial charge in [0.1, 0.15) is 0 Å². The Labute approximate surface area is 246 Å². The molecule has 1 saturated carbocycles. The Bertz CT molecular complexity index is 1510. The van der Waals surface area contributed by atoms with Gasteiger partial charge in [-0.15, -0.1) is 0 Å². The zero-order chi connectivity index (χ0) is 28.2. The van der Waals surface area contributed by atoms with Gasteiger partial charge in [0.15, 0.2) is 17.0 Å². The standard InChI is InChI=1S/C32H38ClN7O/c1-23-7-6-10-25(19-23)21-40-22-35-29-30(34-20-26-11-4-5-12-27(26)33)36-32(37-31(29)40)39-17-15-38(16-18-39)28(41)14-13-24-8-2-3-9-24/h4-7,10-12,19,22,24H,2-3,8-9,13-18,20-21H2,1H3,(H,34,36,37). The zero-order valence-electron chi connectivity index (χ0n) is 23.7. The lowest BCUT2D eigenvalue weighted by Crippen LogP contribution is -2.49. The molecule has 1 amide bonds. The van der Waals surface area contributed by atoms with E-state index in [2.05, 4.69) is 46.0 Å². The number of aromatic nitrogens is 4. The second kappa shape index (κ2) is 12.5. The van der Waals surface area contributed by atoms with E-state index in [4.69, 9.17) is 26.6 Å². The smallest absolute Gasteiger partial charge is 0.229 e. The van der Waals surface area contributed by atoms with Crippen LogP contribution in [-0.4, -0.2) is 56.5 Å². The van der Waals surface area contributed by atoms with E-state index in [-0.39, 0.29) is 5.91 Å². The van der Waals surface area contributed by atoms with E-state index in [1.54, 1.807) is 0 Å². The summed E-state index contributed by atoms with van der Waals surface area (Å²) in [5, 5.41) is 4.19. The van der Waals surface area contributed by atoms with Crippen LogP contribution in [0.15, 0.2) is 54.9 Å². The summed E-state index contributed by atoms with van der Waals surface area (Å²) in [5.41, 5.74) is 4.92. The summed E-state index contributed by atoms with van der Waals surface area (Å²) in [6, 6.07) is 16.3. The van der Waals surface area contributed by atoms with Gasteiger partial charge in [-0.1, -0.05) is 85.3 Å². The normalized spacial score (nSPS) is 16.0. The molecule has 4 aromatic rings. The number of imidazole rings is 1. The molecule has 3 heterocycles. The van der Waals surface area contributed by atoms with Gasteiger partial charge >= 0.3 is 0 Å². The van der Waals surface area contributed by atoms with Gasteiger partial charge in [-0.25, -0.2) is 4.98 Å². The molecule has 41 heavy (non-hydrogen) atoms. The highest BCUT2D eigenvalue weighted by atomic mass is 35.5. The summed E-state index contributed by atoms with van der Waals surface area (Å²) in [6.45, 7) is 6.09. The molecule has 0 bridgehead atoms. The Kier molecular flexibility index (Phi) is 8.37. The van der Waals surface area contributed by atoms with Crippen molar-refractivity contribution in [1.29, 1.82) is 0 Å². The highest BCUT2D eigenvalue weighted by molar-refractivity contribution is 6.31. The topological polar surface area (TPSA) is 79.2 Å². The fourth-order valence-electron chi connectivity index (χ4n) is 6.08. The van der Waals surface area contributed by atoms with E-state index in [1.807, 2.05) is 35.5 Å². The maximum atomic E-state index is 12.9. The van der Waals surface area contributed by atoms with Crippen LogP contribution in [0.25, 0.3) is 11.2 Å². The lowest BCUT2D eigenvalue weighted by molar-refractivity contribution is -0.131. The molecule has 214 valence electrons. The summed E-state index contributed by atoms with van der Waals surface area (Å²) < 4.78 is 2.08. The largest absolute Gasteiger partial charge is 0.364 e. The lowest BCUT2D eigenvalue weighted by atomic mass is 10.0. The molecule has 1 saturated heterocycles. The number of nitrogens with one attached hydrogen (secondary N) is 1. The molecule has 9 heteroatoms. The molecule has 6 rings (SSSR count). The second-order valence-corrected chi connectivity index (χ2v) is 11.8. The van der Waals surface area contributed by atoms with E-state index >= 15 is 0 Å². The minimum absolute atomic E-state index is 0.284. The van der Waals surface area contributed by atoms with Crippen LogP contribution in [0.5, 0.6) is 0 Å². The number of benzene rings is 2. The van der Waals surface area contributed by atoms with Gasteiger partial charge in [0, 0.05) is 44.2 Å². The molecule has 1 aliphatic carbocycles. The molecule has 0 unspecified atom stereocenters. The summed E-state index contributed by atoms with van der Waals surface area (Å²) in [7, 11) is 0. The third kappa shape index (κ3) is 6.48. The third-order valence-electron chi connectivity index (χ3n) is 8.45. The highest BCUT2D eigenvalue weighted by Crippen LogP contribution is 2.29. The predicted octanol–water partition coefficient (Wildman–Crippen LogP) is 6.07. The first kappa shape index (κ1) is 27.5. The first-order valence-corrected chi connectivity index (χ1v) is 15.2. The molecule has 2 aliphatic rings. The summed E-state index contributed by atoms with van der Waals surface area (Å²) >= 11 is 6.43. The van der Waals surface area contributed by atoms with Crippen molar-refractivity contribution in [2.75, 3.05) is 36.4 Å². The van der Waals surface area contributed by atoms with E-state index in [1.165, 1.54) is 36.8 Å². The summed E-state index contributed by atoms with van der Waals surface area (Å²) in [5.74, 6) is 2.36. The second-order valence-electron chi connectivity index (χ2n) is 11.4. The van der Waals surface area contributed by atoms with Crippen LogP contribution in [-0.2, 0) is 17.9 Å². The maximum Gasteiger partial charge on any atom is 0.229 e. The first-order chi connectivity index (χ1) is 20.0. The molecule has 0 radical (unpaired) electrons. The van der Waals surface area contributed by atoms with E-state index in [0.717, 1.165) is 29.1 Å². The van der Waals surface area contributed by atoms with Crippen LogP contribution in [0.3, 0.4) is 0 Å². The minimum atomic E-state index is 0.284. The van der Waals surface area contributed by atoms with Crippen LogP contribution in [0.4, 0.5) is 11.8 Å². The van der Waals surface area contributed by atoms with Crippen LogP contribution in [0.1, 0.15) is 55.2 Å². The Balaban J connectivity index is 1.22. The number of anilines is 2. The lowest BCUT2D eigenvalue weighted by Gasteiger charge is -2.35. The van der Waals surface area contributed by atoms with Crippen molar-refractivity contribution in [1.82, 2.24) is 24.4 Å². The minimum Gasteiger partial charge on any atom is -0.364 e. The number of nitrogens with zero attached hydrogens (tertiary/aromatic N) is 6. The average Bonchev–Trinajstić information content (AvgIpc) is 3.66. The Morgan fingerprint density at radius 3 is 2.61 bits per heavy atom. The van der Waals surface area contributed by atoms with Crippen molar-refractivity contribution in [3.8, 4) is 0 Å². The number of fused-ring (bicyclic) bond motifs is 1. The number of hydrogen-bond acceptors (Lipinski definition) is 6. The molecular formula is C32H38ClN7O. The summed E-state index contributed by atoms with van der Waals surface area (Å²) in [6.07, 6.45) is 8.75. The van der Waals surface area contributed by atoms with E-state index in [0.29, 0.717) is 62.5 Å². The van der Waals surface area contributed by atoms with Crippen molar-refractivity contribution >= 4 is 40.4 Å². The van der Waals surface area contributed by atoms with E-state index < -0.39 is 0 Å². The van der Waals surface area contributed by atoms with Crippen molar-refractivity contribution < 1.29 is 4.79 Å². The number of halogens is 1. The Hall–Kier alpha value is -3.65. The predicted molar refractivity (Wildman–Crippen MR) is 164 cm³/mol. The number of amides is 1. The highest BCUT2D eigenvalue weighted by Gasteiger charge is 2.25. The number of carbonyl (C=O) groups is 1. The van der Waals surface area contributed by atoms with Gasteiger partial charge in [0.2, 0.25) is 11.9 Å². The van der Waals surface area contributed by atoms with Crippen LogP contribution >= 0.6 is 11.6 Å². The van der Waals surface area contributed by atoms with Gasteiger partial charge in [-0.05, 0) is 36.5 Å². The summed E-state index contributed by atoms with van der Waals surface area (Å²) in [4.78, 5) is 31.8. The molecular weight excluding hydrogens is 534 g/mol. The van der Waals surface area contributed by atoms with Crippen molar-refractivity contribution in [2.45, 2.75) is 58.5 Å². The monoisotopic (exact) mass is 571 g/mol. The van der Waals surface area contributed by atoms with E-state index in [9.17, 15) is 4.79 Å².